The molecule has 0 spiro atoms. The second-order valence-corrected chi connectivity index (χ2v) is 5.63. The van der Waals surface area contributed by atoms with Crippen molar-refractivity contribution in [3.63, 3.8) is 0 Å². The molecule has 0 unspecified atom stereocenters. The van der Waals surface area contributed by atoms with Crippen molar-refractivity contribution in [3.8, 4) is 0 Å². The average molecular weight is 324 g/mol. The normalized spacial score (nSPS) is 10.8. The summed E-state index contributed by atoms with van der Waals surface area (Å²) in [7, 11) is 0. The summed E-state index contributed by atoms with van der Waals surface area (Å²) >= 11 is 0. The molecule has 1 aromatic carbocycles. The first kappa shape index (κ1) is 15.7. The van der Waals surface area contributed by atoms with E-state index in [1.54, 1.807) is 18.2 Å². The van der Waals surface area contributed by atoms with Crippen molar-refractivity contribution < 1.29 is 4.92 Å². The van der Waals surface area contributed by atoms with E-state index in [1.165, 1.54) is 12.1 Å². The van der Waals surface area contributed by atoms with Crippen molar-refractivity contribution in [2.24, 2.45) is 0 Å². The monoisotopic (exact) mass is 324 g/mol. The van der Waals surface area contributed by atoms with Gasteiger partial charge in [0.25, 0.3) is 11.2 Å². The lowest BCUT2D eigenvalue weighted by Gasteiger charge is -2.09. The van der Waals surface area contributed by atoms with Crippen LogP contribution in [0.2, 0.25) is 0 Å². The van der Waals surface area contributed by atoms with Crippen LogP contribution in [0.25, 0.3) is 10.9 Å². The minimum Gasteiger partial charge on any atom is -0.366 e. The third kappa shape index (κ3) is 3.10. The number of pyridine rings is 2. The number of aromatic nitrogens is 2. The Hall–Kier alpha value is -3.22. The molecule has 0 bridgehead atoms. The maximum Gasteiger partial charge on any atom is 0.270 e. The summed E-state index contributed by atoms with van der Waals surface area (Å²) in [6, 6.07) is 9.95. The maximum absolute atomic E-state index is 12.0. The van der Waals surface area contributed by atoms with E-state index < -0.39 is 4.92 Å². The smallest absolute Gasteiger partial charge is 0.270 e. The quantitative estimate of drug-likeness (QED) is 0.567. The Labute approximate surface area is 137 Å². The number of non-ortho nitro benzene ring substituents is 1. The van der Waals surface area contributed by atoms with Gasteiger partial charge in [0.05, 0.1) is 10.4 Å². The van der Waals surface area contributed by atoms with Crippen LogP contribution in [0.5, 0.6) is 0 Å². The number of hydrogen-bond donors (Lipinski definition) is 2. The van der Waals surface area contributed by atoms with Crippen LogP contribution in [0.3, 0.4) is 0 Å². The molecule has 0 atom stereocenters. The molecule has 122 valence electrons. The Morgan fingerprint density at radius 1 is 1.21 bits per heavy atom. The van der Waals surface area contributed by atoms with Gasteiger partial charge in [0.2, 0.25) is 0 Å². The van der Waals surface area contributed by atoms with E-state index in [0.29, 0.717) is 28.8 Å². The SMILES string of the molecule is Cc1cc(C)c(CNc2ccc3cc([N+](=O)[O-])ccc3n2)c(=O)[nH]1. The van der Waals surface area contributed by atoms with E-state index >= 15 is 0 Å². The highest BCUT2D eigenvalue weighted by Crippen LogP contribution is 2.21. The number of nitrogens with one attached hydrogen (secondary N) is 2. The summed E-state index contributed by atoms with van der Waals surface area (Å²) in [5.74, 6) is 0.607. The first-order valence-corrected chi connectivity index (χ1v) is 7.42. The molecule has 7 nitrogen and oxygen atoms in total. The molecule has 0 radical (unpaired) electrons. The van der Waals surface area contributed by atoms with Crippen molar-refractivity contribution >= 4 is 22.4 Å². The van der Waals surface area contributed by atoms with Crippen molar-refractivity contribution in [1.29, 1.82) is 0 Å². The van der Waals surface area contributed by atoms with Crippen molar-refractivity contribution in [1.82, 2.24) is 9.97 Å². The number of benzene rings is 1. The van der Waals surface area contributed by atoms with Crippen LogP contribution in [-0.2, 0) is 6.54 Å². The van der Waals surface area contributed by atoms with Crippen LogP contribution in [-0.4, -0.2) is 14.9 Å². The van der Waals surface area contributed by atoms with E-state index in [1.807, 2.05) is 19.9 Å². The maximum atomic E-state index is 12.0. The number of H-pyrrole nitrogens is 1. The number of aryl methyl sites for hydroxylation is 2. The fraction of sp³-hybridized carbons (Fsp3) is 0.176. The number of nitro benzene ring substituents is 1. The zero-order valence-corrected chi connectivity index (χ0v) is 13.3. The highest BCUT2D eigenvalue weighted by atomic mass is 16.6. The van der Waals surface area contributed by atoms with Crippen molar-refractivity contribution in [3.05, 3.63) is 73.7 Å². The molecule has 0 aliphatic rings. The molecule has 0 fully saturated rings. The third-order valence-corrected chi connectivity index (χ3v) is 3.82. The second kappa shape index (κ2) is 6.11. The molecular formula is C17H16N4O3. The summed E-state index contributed by atoms with van der Waals surface area (Å²) in [6.45, 7) is 4.09. The van der Waals surface area contributed by atoms with Gasteiger partial charge in [0.1, 0.15) is 5.82 Å². The lowest BCUT2D eigenvalue weighted by molar-refractivity contribution is -0.384. The summed E-state index contributed by atoms with van der Waals surface area (Å²) in [5, 5.41) is 14.6. The number of aromatic amines is 1. The molecule has 0 aliphatic heterocycles. The van der Waals surface area contributed by atoms with Gasteiger partial charge in [-0.05, 0) is 43.7 Å². The van der Waals surface area contributed by atoms with Crippen LogP contribution in [0.4, 0.5) is 11.5 Å². The Balaban J connectivity index is 1.85. The number of fused-ring (bicyclic) bond motifs is 1. The highest BCUT2D eigenvalue weighted by molar-refractivity contribution is 5.82. The second-order valence-electron chi connectivity index (χ2n) is 5.63. The zero-order chi connectivity index (χ0) is 17.3. The summed E-state index contributed by atoms with van der Waals surface area (Å²) in [6.07, 6.45) is 0. The van der Waals surface area contributed by atoms with Crippen molar-refractivity contribution in [2.45, 2.75) is 20.4 Å². The van der Waals surface area contributed by atoms with E-state index in [2.05, 4.69) is 15.3 Å². The van der Waals surface area contributed by atoms with Gasteiger partial charge in [0.15, 0.2) is 0 Å². The Morgan fingerprint density at radius 2 is 2.00 bits per heavy atom. The lowest BCUT2D eigenvalue weighted by atomic mass is 10.1. The van der Waals surface area contributed by atoms with Crippen LogP contribution in [0.15, 0.2) is 41.2 Å². The minimum atomic E-state index is -0.432. The number of nitrogens with zero attached hydrogens (tertiary/aromatic N) is 2. The van der Waals surface area contributed by atoms with Crippen LogP contribution < -0.4 is 10.9 Å². The van der Waals surface area contributed by atoms with Gasteiger partial charge in [-0.25, -0.2) is 4.98 Å². The van der Waals surface area contributed by atoms with Gasteiger partial charge in [-0.15, -0.1) is 0 Å². The van der Waals surface area contributed by atoms with Crippen LogP contribution >= 0.6 is 0 Å². The Morgan fingerprint density at radius 3 is 2.71 bits per heavy atom. The molecule has 2 heterocycles. The molecule has 7 heteroatoms. The zero-order valence-electron chi connectivity index (χ0n) is 13.3. The predicted octanol–water partition coefficient (Wildman–Crippen LogP) is 3.06. The van der Waals surface area contributed by atoms with Gasteiger partial charge >= 0.3 is 0 Å². The van der Waals surface area contributed by atoms with Gasteiger partial charge in [0, 0.05) is 35.3 Å². The fourth-order valence-corrected chi connectivity index (χ4v) is 2.61. The van der Waals surface area contributed by atoms with Gasteiger partial charge in [-0.2, -0.15) is 0 Å². The van der Waals surface area contributed by atoms with Gasteiger partial charge < -0.3 is 10.3 Å². The van der Waals surface area contributed by atoms with Gasteiger partial charge in [-0.3, -0.25) is 14.9 Å². The molecule has 3 aromatic rings. The van der Waals surface area contributed by atoms with Crippen LogP contribution in [0.1, 0.15) is 16.8 Å². The highest BCUT2D eigenvalue weighted by Gasteiger charge is 2.08. The Bertz CT molecular complexity index is 995. The molecule has 0 aliphatic carbocycles. The fourth-order valence-electron chi connectivity index (χ4n) is 2.61. The summed E-state index contributed by atoms with van der Waals surface area (Å²) in [4.78, 5) is 29.6. The molecule has 0 amide bonds. The largest absolute Gasteiger partial charge is 0.366 e. The van der Waals surface area contributed by atoms with Gasteiger partial charge in [-0.1, -0.05) is 0 Å². The van der Waals surface area contributed by atoms with Crippen molar-refractivity contribution in [2.75, 3.05) is 5.32 Å². The molecule has 0 saturated heterocycles. The number of hydrogen-bond acceptors (Lipinski definition) is 5. The first-order chi connectivity index (χ1) is 11.4. The number of anilines is 1. The standard InChI is InChI=1S/C17H16N4O3/c1-10-7-11(2)19-17(22)14(10)9-18-16-6-3-12-8-13(21(23)24)4-5-15(12)20-16/h3-8H,9H2,1-2H3,(H,18,20)(H,19,22). The summed E-state index contributed by atoms with van der Waals surface area (Å²) < 4.78 is 0. The molecular weight excluding hydrogens is 308 g/mol. The minimum absolute atomic E-state index is 0.0341. The molecule has 24 heavy (non-hydrogen) atoms. The van der Waals surface area contributed by atoms with E-state index in [4.69, 9.17) is 0 Å². The number of rotatable bonds is 4. The van der Waals surface area contributed by atoms with Crippen LogP contribution in [0, 0.1) is 24.0 Å². The molecule has 3 rings (SSSR count). The number of nitro groups is 1. The van der Waals surface area contributed by atoms with E-state index in [0.717, 1.165) is 11.3 Å². The van der Waals surface area contributed by atoms with E-state index in [-0.39, 0.29) is 11.2 Å². The Kier molecular flexibility index (Phi) is 3.99. The predicted molar refractivity (Wildman–Crippen MR) is 92.3 cm³/mol. The molecule has 2 aromatic heterocycles. The lowest BCUT2D eigenvalue weighted by Crippen LogP contribution is -2.18. The topological polar surface area (TPSA) is 101 Å². The molecule has 2 N–H and O–H groups in total. The third-order valence-electron chi connectivity index (χ3n) is 3.82. The van der Waals surface area contributed by atoms with E-state index in [9.17, 15) is 14.9 Å². The molecule has 0 saturated carbocycles. The first-order valence-electron chi connectivity index (χ1n) is 7.42. The summed E-state index contributed by atoms with van der Waals surface area (Å²) in [5.41, 5.74) is 2.97. The average Bonchev–Trinajstić information content (AvgIpc) is 2.53.